The van der Waals surface area contributed by atoms with Crippen LogP contribution >= 0.6 is 0 Å². The Labute approximate surface area is 97.5 Å². The van der Waals surface area contributed by atoms with E-state index in [1.807, 2.05) is 0 Å². The zero-order valence-electron chi connectivity index (χ0n) is 10.7. The Morgan fingerprint density at radius 3 is 2.33 bits per heavy atom. The van der Waals surface area contributed by atoms with Crippen LogP contribution < -0.4 is 5.73 Å². The fraction of sp³-hybridized carbons (Fsp3) is 1.00. The van der Waals surface area contributed by atoms with Crippen LogP contribution in [0.2, 0.25) is 0 Å². The minimum absolute atomic E-state index is 0.211. The number of rotatable bonds is 8. The molecule has 0 aliphatic heterocycles. The fourth-order valence-corrected chi connectivity index (χ4v) is 2.69. The molecule has 92 valence electrons. The van der Waals surface area contributed by atoms with E-state index in [1.54, 1.807) is 0 Å². The molecule has 0 rings (SSSR count). The first kappa shape index (κ1) is 15.1. The molecule has 0 fully saturated rings. The second kappa shape index (κ2) is 7.39. The van der Waals surface area contributed by atoms with Gasteiger partial charge < -0.3 is 5.73 Å². The van der Waals surface area contributed by atoms with Crippen molar-refractivity contribution >= 4 is 10.8 Å². The zero-order chi connectivity index (χ0) is 11.9. The Morgan fingerprint density at radius 2 is 1.87 bits per heavy atom. The van der Waals surface area contributed by atoms with Gasteiger partial charge in [-0.3, -0.25) is 4.21 Å². The van der Waals surface area contributed by atoms with Crippen molar-refractivity contribution in [3.8, 4) is 0 Å². The summed E-state index contributed by atoms with van der Waals surface area (Å²) in [6.45, 7) is 9.41. The molecule has 2 N–H and O–H groups in total. The molecule has 15 heavy (non-hydrogen) atoms. The van der Waals surface area contributed by atoms with Crippen LogP contribution in [0.15, 0.2) is 0 Å². The second-order valence-corrected chi connectivity index (χ2v) is 7.20. The van der Waals surface area contributed by atoms with Gasteiger partial charge in [0, 0.05) is 22.3 Å². The van der Waals surface area contributed by atoms with E-state index in [-0.39, 0.29) is 5.41 Å². The van der Waals surface area contributed by atoms with Crippen molar-refractivity contribution in [2.24, 2.45) is 17.1 Å². The van der Waals surface area contributed by atoms with Gasteiger partial charge in [0.05, 0.1) is 0 Å². The van der Waals surface area contributed by atoms with E-state index in [2.05, 4.69) is 27.7 Å². The Balaban J connectivity index is 3.55. The van der Waals surface area contributed by atoms with Crippen molar-refractivity contribution in [2.45, 2.75) is 47.0 Å². The summed E-state index contributed by atoms with van der Waals surface area (Å²) >= 11 is 0. The molecule has 0 radical (unpaired) electrons. The topological polar surface area (TPSA) is 43.1 Å². The molecule has 0 bridgehead atoms. The van der Waals surface area contributed by atoms with Crippen molar-refractivity contribution in [1.82, 2.24) is 0 Å². The van der Waals surface area contributed by atoms with Gasteiger partial charge in [-0.25, -0.2) is 0 Å². The van der Waals surface area contributed by atoms with Crippen molar-refractivity contribution < 1.29 is 4.21 Å². The third-order valence-electron chi connectivity index (χ3n) is 2.70. The summed E-state index contributed by atoms with van der Waals surface area (Å²) in [6, 6.07) is 0. The predicted octanol–water partition coefficient (Wildman–Crippen LogP) is 2.55. The summed E-state index contributed by atoms with van der Waals surface area (Å²) in [5.74, 6) is 2.37. The van der Waals surface area contributed by atoms with Gasteiger partial charge in [-0.1, -0.05) is 27.7 Å². The quantitative estimate of drug-likeness (QED) is 0.700. The highest BCUT2D eigenvalue weighted by molar-refractivity contribution is 7.84. The van der Waals surface area contributed by atoms with Gasteiger partial charge in [0.25, 0.3) is 0 Å². The molecular weight excluding hydrogens is 206 g/mol. The monoisotopic (exact) mass is 233 g/mol. The van der Waals surface area contributed by atoms with Crippen molar-refractivity contribution in [3.05, 3.63) is 0 Å². The largest absolute Gasteiger partial charge is 0.330 e. The van der Waals surface area contributed by atoms with E-state index in [1.165, 1.54) is 0 Å². The molecule has 3 heteroatoms. The molecule has 0 heterocycles. The molecular formula is C12H27NOS. The molecule has 0 aromatic rings. The van der Waals surface area contributed by atoms with Crippen LogP contribution in [0.4, 0.5) is 0 Å². The molecule has 0 aliphatic carbocycles. The van der Waals surface area contributed by atoms with E-state index in [0.29, 0.717) is 12.5 Å². The molecule has 0 aromatic heterocycles. The van der Waals surface area contributed by atoms with Crippen LogP contribution in [0.5, 0.6) is 0 Å². The maximum absolute atomic E-state index is 11.6. The summed E-state index contributed by atoms with van der Waals surface area (Å²) < 4.78 is 11.6. The number of hydrogen-bond acceptors (Lipinski definition) is 2. The van der Waals surface area contributed by atoms with Crippen LogP contribution in [0, 0.1) is 11.3 Å². The first-order valence-corrected chi connectivity index (χ1v) is 7.41. The minimum Gasteiger partial charge on any atom is -0.330 e. The van der Waals surface area contributed by atoms with Gasteiger partial charge in [0.2, 0.25) is 0 Å². The summed E-state index contributed by atoms with van der Waals surface area (Å²) in [5.41, 5.74) is 5.86. The Morgan fingerprint density at radius 1 is 1.27 bits per heavy atom. The lowest BCUT2D eigenvalue weighted by atomic mass is 9.88. The summed E-state index contributed by atoms with van der Waals surface area (Å²) in [6.07, 6.45) is 3.19. The Kier molecular flexibility index (Phi) is 7.45. The standard InChI is InChI=1S/C12H27NOS/c1-11(2)6-9-15(14)8-5-7-12(3,4)10-13/h11H,5-10,13H2,1-4H3. The predicted molar refractivity (Wildman–Crippen MR) is 69.4 cm³/mol. The summed E-state index contributed by atoms with van der Waals surface area (Å²) in [7, 11) is -0.618. The van der Waals surface area contributed by atoms with Crippen LogP contribution in [-0.2, 0) is 10.8 Å². The molecule has 1 unspecified atom stereocenters. The minimum atomic E-state index is -0.618. The fourth-order valence-electron chi connectivity index (χ4n) is 1.28. The molecule has 2 nitrogen and oxygen atoms in total. The lowest BCUT2D eigenvalue weighted by Gasteiger charge is -2.21. The van der Waals surface area contributed by atoms with Gasteiger partial charge in [-0.15, -0.1) is 0 Å². The average molecular weight is 233 g/mol. The average Bonchev–Trinajstić information content (AvgIpc) is 2.14. The summed E-state index contributed by atoms with van der Waals surface area (Å²) in [5, 5.41) is 0. The Bertz CT molecular complexity index is 190. The first-order valence-electron chi connectivity index (χ1n) is 5.92. The second-order valence-electron chi connectivity index (χ2n) is 5.50. The van der Waals surface area contributed by atoms with Crippen LogP contribution in [-0.4, -0.2) is 22.3 Å². The summed E-state index contributed by atoms with van der Waals surface area (Å²) in [4.78, 5) is 0. The molecule has 0 saturated heterocycles. The van der Waals surface area contributed by atoms with Crippen molar-refractivity contribution in [2.75, 3.05) is 18.1 Å². The lowest BCUT2D eigenvalue weighted by Crippen LogP contribution is -2.24. The molecule has 1 atom stereocenters. The smallest absolute Gasteiger partial charge is 0.0237 e. The third kappa shape index (κ3) is 9.06. The number of hydrogen-bond donors (Lipinski definition) is 1. The lowest BCUT2D eigenvalue weighted by molar-refractivity contribution is 0.344. The molecule has 0 amide bonds. The molecule has 0 spiro atoms. The zero-order valence-corrected chi connectivity index (χ0v) is 11.5. The van der Waals surface area contributed by atoms with Gasteiger partial charge >= 0.3 is 0 Å². The maximum atomic E-state index is 11.6. The third-order valence-corrected chi connectivity index (χ3v) is 4.14. The van der Waals surface area contributed by atoms with E-state index in [9.17, 15) is 4.21 Å². The van der Waals surface area contributed by atoms with E-state index in [4.69, 9.17) is 5.73 Å². The molecule has 0 aromatic carbocycles. The normalized spacial score (nSPS) is 14.5. The first-order chi connectivity index (χ1) is 6.87. The van der Waals surface area contributed by atoms with E-state index < -0.39 is 10.8 Å². The highest BCUT2D eigenvalue weighted by atomic mass is 32.2. The van der Waals surface area contributed by atoms with E-state index >= 15 is 0 Å². The molecule has 0 saturated carbocycles. The Hall–Kier alpha value is 0.110. The van der Waals surface area contributed by atoms with Gasteiger partial charge in [0.1, 0.15) is 0 Å². The highest BCUT2D eigenvalue weighted by Crippen LogP contribution is 2.20. The van der Waals surface area contributed by atoms with Gasteiger partial charge in [0.15, 0.2) is 0 Å². The van der Waals surface area contributed by atoms with Crippen molar-refractivity contribution in [3.63, 3.8) is 0 Å². The SMILES string of the molecule is CC(C)CCS(=O)CCCC(C)(C)CN. The number of nitrogens with two attached hydrogens (primary N) is 1. The van der Waals surface area contributed by atoms with Crippen LogP contribution in [0.25, 0.3) is 0 Å². The van der Waals surface area contributed by atoms with Crippen LogP contribution in [0.3, 0.4) is 0 Å². The molecule has 0 aliphatic rings. The van der Waals surface area contributed by atoms with Crippen LogP contribution in [0.1, 0.15) is 47.0 Å². The van der Waals surface area contributed by atoms with Crippen molar-refractivity contribution in [1.29, 1.82) is 0 Å². The van der Waals surface area contributed by atoms with Gasteiger partial charge in [-0.2, -0.15) is 0 Å². The van der Waals surface area contributed by atoms with Gasteiger partial charge in [-0.05, 0) is 37.1 Å². The highest BCUT2D eigenvalue weighted by Gasteiger charge is 2.15. The maximum Gasteiger partial charge on any atom is 0.0237 e. The van der Waals surface area contributed by atoms with E-state index in [0.717, 1.165) is 30.8 Å².